The molecule has 4 aromatic rings. The van der Waals surface area contributed by atoms with Crippen LogP contribution in [0.3, 0.4) is 0 Å². The van der Waals surface area contributed by atoms with Crippen molar-refractivity contribution in [3.8, 4) is 28.7 Å². The van der Waals surface area contributed by atoms with Crippen LogP contribution < -0.4 is 14.8 Å². The summed E-state index contributed by atoms with van der Waals surface area (Å²) < 4.78 is 22.5. The number of thiazole rings is 1. The van der Waals surface area contributed by atoms with Gasteiger partial charge in [0.15, 0.2) is 5.13 Å². The number of carbonyl (C=O) groups excluding carboxylic acids is 1. The number of hydrogen-bond donors (Lipinski definition) is 1. The zero-order chi connectivity index (χ0) is 23.2. The van der Waals surface area contributed by atoms with Gasteiger partial charge in [-0.15, -0.1) is 21.5 Å². The Morgan fingerprint density at radius 1 is 1.15 bits per heavy atom. The van der Waals surface area contributed by atoms with E-state index in [1.807, 2.05) is 19.1 Å². The normalized spacial score (nSPS) is 11.7. The third-order valence-corrected chi connectivity index (χ3v) is 5.13. The van der Waals surface area contributed by atoms with Gasteiger partial charge in [-0.3, -0.25) is 10.1 Å². The molecule has 1 amide bonds. The number of carbonyl (C=O) groups is 1. The Bertz CT molecular complexity index is 1210. The molecule has 0 fully saturated rings. The minimum Gasteiger partial charge on any atom is -0.487 e. The molecule has 2 heterocycles. The predicted molar refractivity (Wildman–Crippen MR) is 123 cm³/mol. The van der Waals surface area contributed by atoms with E-state index in [4.69, 9.17) is 18.6 Å². The average molecular weight is 467 g/mol. The van der Waals surface area contributed by atoms with E-state index in [2.05, 4.69) is 20.5 Å². The molecule has 0 bridgehead atoms. The van der Waals surface area contributed by atoms with Crippen LogP contribution >= 0.6 is 11.3 Å². The van der Waals surface area contributed by atoms with Crippen LogP contribution in [0.15, 0.2) is 58.5 Å². The fourth-order valence-electron chi connectivity index (χ4n) is 3.00. The maximum atomic E-state index is 12.9. The first-order valence-corrected chi connectivity index (χ1v) is 11.0. The molecule has 0 aliphatic rings. The van der Waals surface area contributed by atoms with E-state index in [0.29, 0.717) is 46.3 Å². The van der Waals surface area contributed by atoms with Gasteiger partial charge in [0, 0.05) is 31.2 Å². The quantitative estimate of drug-likeness (QED) is 0.369. The van der Waals surface area contributed by atoms with Gasteiger partial charge in [-0.2, -0.15) is 0 Å². The SMILES string of the molecule is COCC(C)Oc1ccc(Oc2ccc(-c3nnc(C)o3)cc2)cc1C(=O)Nc1nccs1. The molecule has 4 rings (SSSR count). The zero-order valence-corrected chi connectivity index (χ0v) is 19.1. The number of aromatic nitrogens is 3. The lowest BCUT2D eigenvalue weighted by Gasteiger charge is -2.17. The van der Waals surface area contributed by atoms with Crippen molar-refractivity contribution in [1.29, 1.82) is 0 Å². The highest BCUT2D eigenvalue weighted by Gasteiger charge is 2.18. The summed E-state index contributed by atoms with van der Waals surface area (Å²) in [5.74, 6) is 2.07. The fraction of sp³-hybridized carbons (Fsp3) is 0.217. The highest BCUT2D eigenvalue weighted by molar-refractivity contribution is 7.13. The maximum Gasteiger partial charge on any atom is 0.261 e. The third-order valence-electron chi connectivity index (χ3n) is 4.44. The summed E-state index contributed by atoms with van der Waals surface area (Å²) in [6.45, 7) is 3.99. The minimum atomic E-state index is -0.350. The number of ether oxygens (including phenoxy) is 3. The van der Waals surface area contributed by atoms with E-state index in [0.717, 1.165) is 5.56 Å². The van der Waals surface area contributed by atoms with Gasteiger partial charge in [0.05, 0.1) is 12.2 Å². The molecular weight excluding hydrogens is 444 g/mol. The van der Waals surface area contributed by atoms with Crippen LogP contribution in [0.4, 0.5) is 5.13 Å². The van der Waals surface area contributed by atoms with E-state index in [1.165, 1.54) is 11.3 Å². The molecular formula is C23H22N4O5S. The molecule has 0 aliphatic heterocycles. The predicted octanol–water partition coefficient (Wildman–Crippen LogP) is 4.96. The van der Waals surface area contributed by atoms with Crippen molar-refractivity contribution in [3.63, 3.8) is 0 Å². The molecule has 10 heteroatoms. The molecule has 0 aliphatic carbocycles. The summed E-state index contributed by atoms with van der Waals surface area (Å²) in [6, 6.07) is 12.3. The number of nitrogens with one attached hydrogen (secondary N) is 1. The summed E-state index contributed by atoms with van der Waals surface area (Å²) in [6.07, 6.45) is 1.38. The lowest BCUT2D eigenvalue weighted by atomic mass is 10.1. The molecule has 0 saturated heterocycles. The fourth-order valence-corrected chi connectivity index (χ4v) is 3.53. The molecule has 0 radical (unpaired) electrons. The lowest BCUT2D eigenvalue weighted by Crippen LogP contribution is -2.21. The molecule has 0 saturated carbocycles. The van der Waals surface area contributed by atoms with Crippen molar-refractivity contribution >= 4 is 22.4 Å². The van der Waals surface area contributed by atoms with E-state index < -0.39 is 0 Å². The molecule has 9 nitrogen and oxygen atoms in total. The van der Waals surface area contributed by atoms with Gasteiger partial charge in [-0.1, -0.05) is 0 Å². The van der Waals surface area contributed by atoms with Crippen LogP contribution in [0.5, 0.6) is 17.2 Å². The zero-order valence-electron chi connectivity index (χ0n) is 18.3. The Morgan fingerprint density at radius 2 is 1.94 bits per heavy atom. The number of amides is 1. The average Bonchev–Trinajstić information content (AvgIpc) is 3.47. The van der Waals surface area contributed by atoms with Crippen molar-refractivity contribution in [3.05, 3.63) is 65.5 Å². The van der Waals surface area contributed by atoms with Crippen LogP contribution in [0.1, 0.15) is 23.2 Å². The second-order valence-electron chi connectivity index (χ2n) is 7.09. The maximum absolute atomic E-state index is 12.9. The molecule has 33 heavy (non-hydrogen) atoms. The van der Waals surface area contributed by atoms with E-state index in [9.17, 15) is 4.79 Å². The second kappa shape index (κ2) is 10.2. The van der Waals surface area contributed by atoms with Crippen LogP contribution in [0, 0.1) is 6.92 Å². The summed E-state index contributed by atoms with van der Waals surface area (Å²) in [7, 11) is 1.60. The molecule has 1 unspecified atom stereocenters. The lowest BCUT2D eigenvalue weighted by molar-refractivity contribution is 0.0891. The Hall–Kier alpha value is -3.76. The summed E-state index contributed by atoms with van der Waals surface area (Å²) in [4.78, 5) is 17.0. The number of hydrogen-bond acceptors (Lipinski definition) is 9. The molecule has 170 valence electrons. The van der Waals surface area contributed by atoms with Crippen molar-refractivity contribution in [2.45, 2.75) is 20.0 Å². The molecule has 1 atom stereocenters. The smallest absolute Gasteiger partial charge is 0.261 e. The summed E-state index contributed by atoms with van der Waals surface area (Å²) in [5, 5.41) is 12.9. The number of methoxy groups -OCH3 is 1. The van der Waals surface area contributed by atoms with Crippen molar-refractivity contribution in [2.24, 2.45) is 0 Å². The first kappa shape index (κ1) is 22.4. The van der Waals surface area contributed by atoms with Crippen molar-refractivity contribution in [1.82, 2.24) is 15.2 Å². The van der Waals surface area contributed by atoms with Crippen molar-refractivity contribution in [2.75, 3.05) is 19.0 Å². The topological polar surface area (TPSA) is 109 Å². The van der Waals surface area contributed by atoms with Gasteiger partial charge >= 0.3 is 0 Å². The molecule has 2 aromatic heterocycles. The second-order valence-corrected chi connectivity index (χ2v) is 7.98. The van der Waals surface area contributed by atoms with Gasteiger partial charge < -0.3 is 18.6 Å². The third kappa shape index (κ3) is 5.73. The largest absolute Gasteiger partial charge is 0.487 e. The highest BCUT2D eigenvalue weighted by Crippen LogP contribution is 2.30. The Labute approximate surface area is 194 Å². The number of nitrogens with zero attached hydrogens (tertiary/aromatic N) is 3. The number of benzene rings is 2. The molecule has 1 N–H and O–H groups in total. The number of rotatable bonds is 9. The first-order chi connectivity index (χ1) is 16.0. The van der Waals surface area contributed by atoms with Crippen LogP contribution in [0.2, 0.25) is 0 Å². The monoisotopic (exact) mass is 466 g/mol. The summed E-state index contributed by atoms with van der Waals surface area (Å²) in [5.41, 5.74) is 1.10. The standard InChI is InChI=1S/C23H22N4O5S/c1-14(13-29-3)30-20-9-8-18(12-19(20)21(28)25-23-24-10-11-33-23)32-17-6-4-16(5-7-17)22-27-26-15(2)31-22/h4-12,14H,13H2,1-3H3,(H,24,25,28). The van der Waals surface area contributed by atoms with Crippen molar-refractivity contribution < 1.29 is 23.4 Å². The van der Waals surface area contributed by atoms with Gasteiger partial charge in [0.1, 0.15) is 23.4 Å². The number of aryl methyl sites for hydroxylation is 1. The van der Waals surface area contributed by atoms with E-state index in [1.54, 1.807) is 55.9 Å². The van der Waals surface area contributed by atoms with Crippen LogP contribution in [0.25, 0.3) is 11.5 Å². The van der Waals surface area contributed by atoms with Gasteiger partial charge in [0.2, 0.25) is 11.8 Å². The van der Waals surface area contributed by atoms with E-state index >= 15 is 0 Å². The molecule has 0 spiro atoms. The Morgan fingerprint density at radius 3 is 2.61 bits per heavy atom. The first-order valence-electron chi connectivity index (χ1n) is 10.1. The molecule has 2 aromatic carbocycles. The highest BCUT2D eigenvalue weighted by atomic mass is 32.1. The van der Waals surface area contributed by atoms with Gasteiger partial charge in [0.25, 0.3) is 5.91 Å². The minimum absolute atomic E-state index is 0.242. The van der Waals surface area contributed by atoms with E-state index in [-0.39, 0.29) is 12.0 Å². The summed E-state index contributed by atoms with van der Waals surface area (Å²) >= 11 is 1.33. The Balaban J connectivity index is 1.55. The number of anilines is 1. The van der Waals surface area contributed by atoms with Crippen LogP contribution in [-0.2, 0) is 4.74 Å². The van der Waals surface area contributed by atoms with Gasteiger partial charge in [-0.25, -0.2) is 4.98 Å². The van der Waals surface area contributed by atoms with Crippen LogP contribution in [-0.4, -0.2) is 40.9 Å². The van der Waals surface area contributed by atoms with Gasteiger partial charge in [-0.05, 0) is 49.4 Å². The Kier molecular flexibility index (Phi) is 6.96.